The van der Waals surface area contributed by atoms with Crippen molar-refractivity contribution in [3.63, 3.8) is 0 Å². The summed E-state index contributed by atoms with van der Waals surface area (Å²) in [7, 11) is 0. The van der Waals surface area contributed by atoms with E-state index >= 15 is 0 Å². The van der Waals surface area contributed by atoms with E-state index in [1.807, 2.05) is 18.2 Å². The number of aromatic nitrogens is 1. The zero-order chi connectivity index (χ0) is 17.6. The van der Waals surface area contributed by atoms with Crippen molar-refractivity contribution in [1.29, 1.82) is 0 Å². The zero-order valence-corrected chi connectivity index (χ0v) is 13.9. The lowest BCUT2D eigenvalue weighted by Gasteiger charge is -2.28. The topological polar surface area (TPSA) is 100 Å². The molecule has 4 N–H and O–H groups in total. The van der Waals surface area contributed by atoms with Gasteiger partial charge in [0.2, 0.25) is 5.91 Å². The molecule has 7 nitrogen and oxygen atoms in total. The molecule has 2 aromatic rings. The number of nitrogens with one attached hydrogen (secondary N) is 2. The number of anilines is 2. The number of urea groups is 1. The second kappa shape index (κ2) is 7.65. The van der Waals surface area contributed by atoms with Crippen LogP contribution in [0.25, 0.3) is 0 Å². The Kier molecular flexibility index (Phi) is 5.13. The molecule has 1 aliphatic heterocycles. The van der Waals surface area contributed by atoms with Gasteiger partial charge < -0.3 is 21.3 Å². The SMILES string of the molecule is Nc1ccc(NC(=O)CCNC(=O)N2CCc3ccccc3C2)cn1. The molecule has 1 aromatic carbocycles. The van der Waals surface area contributed by atoms with Crippen LogP contribution >= 0.6 is 0 Å². The van der Waals surface area contributed by atoms with Crippen LogP contribution in [0.4, 0.5) is 16.3 Å². The first-order valence-electron chi connectivity index (χ1n) is 8.23. The molecule has 0 bridgehead atoms. The highest BCUT2D eigenvalue weighted by Gasteiger charge is 2.20. The van der Waals surface area contributed by atoms with Crippen LogP contribution in [0, 0.1) is 0 Å². The lowest BCUT2D eigenvalue weighted by atomic mass is 10.0. The number of nitrogens with zero attached hydrogens (tertiary/aromatic N) is 2. The molecular weight excluding hydrogens is 318 g/mol. The number of benzene rings is 1. The van der Waals surface area contributed by atoms with Crippen LogP contribution in [0.15, 0.2) is 42.6 Å². The zero-order valence-electron chi connectivity index (χ0n) is 13.9. The molecule has 0 saturated heterocycles. The summed E-state index contributed by atoms with van der Waals surface area (Å²) in [5.74, 6) is 0.212. The lowest BCUT2D eigenvalue weighted by molar-refractivity contribution is -0.116. The fraction of sp³-hybridized carbons (Fsp3) is 0.278. The van der Waals surface area contributed by atoms with Crippen LogP contribution in [-0.4, -0.2) is 34.9 Å². The van der Waals surface area contributed by atoms with Gasteiger partial charge in [-0.15, -0.1) is 0 Å². The number of nitrogens with two attached hydrogens (primary N) is 1. The molecule has 0 aliphatic carbocycles. The highest BCUT2D eigenvalue weighted by molar-refractivity contribution is 5.91. The molecular formula is C18H21N5O2. The first-order chi connectivity index (χ1) is 12.1. The van der Waals surface area contributed by atoms with Crippen molar-refractivity contribution in [2.75, 3.05) is 24.1 Å². The second-order valence-corrected chi connectivity index (χ2v) is 5.94. The Morgan fingerprint density at radius 2 is 1.96 bits per heavy atom. The Morgan fingerprint density at radius 3 is 2.72 bits per heavy atom. The second-order valence-electron chi connectivity index (χ2n) is 5.94. The number of amides is 3. The molecule has 25 heavy (non-hydrogen) atoms. The van der Waals surface area contributed by atoms with Crippen molar-refractivity contribution in [2.24, 2.45) is 0 Å². The van der Waals surface area contributed by atoms with Gasteiger partial charge in [-0.3, -0.25) is 4.79 Å². The monoisotopic (exact) mass is 339 g/mol. The predicted molar refractivity (Wildman–Crippen MR) is 95.9 cm³/mol. The molecule has 3 rings (SSSR count). The third kappa shape index (κ3) is 4.47. The van der Waals surface area contributed by atoms with E-state index in [0.717, 1.165) is 6.42 Å². The van der Waals surface area contributed by atoms with Gasteiger partial charge in [0.25, 0.3) is 0 Å². The fourth-order valence-electron chi connectivity index (χ4n) is 2.77. The van der Waals surface area contributed by atoms with Gasteiger partial charge >= 0.3 is 6.03 Å². The summed E-state index contributed by atoms with van der Waals surface area (Å²) in [5, 5.41) is 5.51. The van der Waals surface area contributed by atoms with Crippen molar-refractivity contribution in [2.45, 2.75) is 19.4 Å². The molecule has 0 fully saturated rings. The van der Waals surface area contributed by atoms with Crippen molar-refractivity contribution >= 4 is 23.4 Å². The molecule has 0 spiro atoms. The average Bonchev–Trinajstić information content (AvgIpc) is 2.63. The van der Waals surface area contributed by atoms with E-state index in [1.165, 1.54) is 17.3 Å². The molecule has 3 amide bonds. The van der Waals surface area contributed by atoms with Crippen molar-refractivity contribution in [1.82, 2.24) is 15.2 Å². The highest BCUT2D eigenvalue weighted by Crippen LogP contribution is 2.18. The third-order valence-electron chi connectivity index (χ3n) is 4.12. The number of hydrogen-bond acceptors (Lipinski definition) is 4. The summed E-state index contributed by atoms with van der Waals surface area (Å²) in [6.07, 6.45) is 2.55. The first kappa shape index (κ1) is 16.8. The quantitative estimate of drug-likeness (QED) is 0.790. The van der Waals surface area contributed by atoms with Gasteiger partial charge in [0.05, 0.1) is 11.9 Å². The summed E-state index contributed by atoms with van der Waals surface area (Å²) in [6.45, 7) is 1.57. The minimum Gasteiger partial charge on any atom is -0.384 e. The van der Waals surface area contributed by atoms with Crippen LogP contribution in [-0.2, 0) is 17.8 Å². The van der Waals surface area contributed by atoms with Crippen LogP contribution < -0.4 is 16.4 Å². The molecule has 130 valence electrons. The van der Waals surface area contributed by atoms with E-state index in [9.17, 15) is 9.59 Å². The molecule has 1 aliphatic rings. The number of hydrogen-bond donors (Lipinski definition) is 3. The summed E-state index contributed by atoms with van der Waals surface area (Å²) >= 11 is 0. The van der Waals surface area contributed by atoms with Crippen LogP contribution in [0.2, 0.25) is 0 Å². The maximum absolute atomic E-state index is 12.2. The summed E-state index contributed by atoms with van der Waals surface area (Å²) in [6, 6.07) is 11.3. The van der Waals surface area contributed by atoms with Crippen LogP contribution in [0.3, 0.4) is 0 Å². The maximum Gasteiger partial charge on any atom is 0.317 e. The Bertz CT molecular complexity index is 760. The summed E-state index contributed by atoms with van der Waals surface area (Å²) < 4.78 is 0. The van der Waals surface area contributed by atoms with Crippen LogP contribution in [0.1, 0.15) is 17.5 Å². The number of carbonyl (C=O) groups excluding carboxylic acids is 2. The summed E-state index contributed by atoms with van der Waals surface area (Å²) in [4.78, 5) is 29.8. The highest BCUT2D eigenvalue weighted by atomic mass is 16.2. The van der Waals surface area contributed by atoms with E-state index in [1.54, 1.807) is 17.0 Å². The fourth-order valence-corrected chi connectivity index (χ4v) is 2.77. The van der Waals surface area contributed by atoms with E-state index in [2.05, 4.69) is 21.7 Å². The smallest absolute Gasteiger partial charge is 0.317 e. The number of pyridine rings is 1. The Balaban J connectivity index is 1.42. The van der Waals surface area contributed by atoms with Gasteiger partial charge in [0.15, 0.2) is 0 Å². The third-order valence-corrected chi connectivity index (χ3v) is 4.12. The number of fused-ring (bicyclic) bond motifs is 1. The minimum absolute atomic E-state index is 0.142. The van der Waals surface area contributed by atoms with E-state index in [0.29, 0.717) is 24.6 Å². The molecule has 2 heterocycles. The molecule has 0 atom stereocenters. The van der Waals surface area contributed by atoms with Gasteiger partial charge in [-0.2, -0.15) is 0 Å². The maximum atomic E-state index is 12.2. The van der Waals surface area contributed by atoms with Gasteiger partial charge in [0, 0.05) is 26.1 Å². The van der Waals surface area contributed by atoms with E-state index < -0.39 is 0 Å². The Morgan fingerprint density at radius 1 is 1.16 bits per heavy atom. The largest absolute Gasteiger partial charge is 0.384 e. The number of carbonyl (C=O) groups is 2. The van der Waals surface area contributed by atoms with Gasteiger partial charge in [-0.1, -0.05) is 24.3 Å². The standard InChI is InChI=1S/C18H21N5O2/c19-16-6-5-15(11-21-16)22-17(24)7-9-20-18(25)23-10-8-13-3-1-2-4-14(13)12-23/h1-6,11H,7-10,12H2,(H2,19,21)(H,20,25)(H,22,24). The summed E-state index contributed by atoms with van der Waals surface area (Å²) in [5.41, 5.74) is 8.55. The number of rotatable bonds is 4. The van der Waals surface area contributed by atoms with E-state index in [-0.39, 0.29) is 24.9 Å². The molecule has 7 heteroatoms. The molecule has 1 aromatic heterocycles. The first-order valence-corrected chi connectivity index (χ1v) is 8.23. The van der Waals surface area contributed by atoms with Gasteiger partial charge in [-0.25, -0.2) is 9.78 Å². The Hall–Kier alpha value is -3.09. The molecule has 0 unspecified atom stereocenters. The van der Waals surface area contributed by atoms with Gasteiger partial charge in [-0.05, 0) is 29.7 Å². The number of nitrogen functional groups attached to an aromatic ring is 1. The Labute approximate surface area is 146 Å². The van der Waals surface area contributed by atoms with E-state index in [4.69, 9.17) is 5.73 Å². The van der Waals surface area contributed by atoms with Crippen molar-refractivity contribution in [3.8, 4) is 0 Å². The minimum atomic E-state index is -0.184. The van der Waals surface area contributed by atoms with Gasteiger partial charge in [0.1, 0.15) is 5.82 Å². The molecule has 0 radical (unpaired) electrons. The molecule has 0 saturated carbocycles. The van der Waals surface area contributed by atoms with Crippen LogP contribution in [0.5, 0.6) is 0 Å². The average molecular weight is 339 g/mol. The lowest BCUT2D eigenvalue weighted by Crippen LogP contribution is -2.43. The van der Waals surface area contributed by atoms with Crippen molar-refractivity contribution in [3.05, 3.63) is 53.7 Å². The normalized spacial score (nSPS) is 13.0. The predicted octanol–water partition coefficient (Wildman–Crippen LogP) is 1.76. The van der Waals surface area contributed by atoms with Crippen molar-refractivity contribution < 1.29 is 9.59 Å².